The number of hydrogen-bond donors (Lipinski definition) is 1. The van der Waals surface area contributed by atoms with Crippen molar-refractivity contribution in [1.82, 2.24) is 0 Å². The SMILES string of the molecule is C1=CC(c2cccc3c2CCN3)CC2=C1OCCO2. The molecule has 0 spiro atoms. The molecule has 0 bridgehead atoms. The molecule has 1 N–H and O–H groups in total. The van der Waals surface area contributed by atoms with E-state index in [4.69, 9.17) is 9.47 Å². The summed E-state index contributed by atoms with van der Waals surface area (Å²) < 4.78 is 11.4. The van der Waals surface area contributed by atoms with E-state index in [1.807, 2.05) is 0 Å². The number of rotatable bonds is 1. The van der Waals surface area contributed by atoms with Crippen molar-refractivity contribution in [2.24, 2.45) is 0 Å². The predicted molar refractivity (Wildman–Crippen MR) is 74.1 cm³/mol. The van der Waals surface area contributed by atoms with Crippen molar-refractivity contribution >= 4 is 5.69 Å². The highest BCUT2D eigenvalue weighted by Crippen LogP contribution is 2.38. The second-order valence-electron chi connectivity index (χ2n) is 5.20. The van der Waals surface area contributed by atoms with Crippen molar-refractivity contribution in [3.8, 4) is 0 Å². The largest absolute Gasteiger partial charge is 0.490 e. The third-order valence-corrected chi connectivity index (χ3v) is 4.08. The van der Waals surface area contributed by atoms with Gasteiger partial charge in [-0.3, -0.25) is 0 Å². The lowest BCUT2D eigenvalue weighted by atomic mass is 9.87. The molecule has 2 aliphatic heterocycles. The fraction of sp³-hybridized carbons (Fsp3) is 0.375. The van der Waals surface area contributed by atoms with Crippen molar-refractivity contribution in [2.75, 3.05) is 25.1 Å². The van der Waals surface area contributed by atoms with Crippen molar-refractivity contribution < 1.29 is 9.47 Å². The van der Waals surface area contributed by atoms with E-state index < -0.39 is 0 Å². The number of hydrogen-bond acceptors (Lipinski definition) is 3. The third kappa shape index (κ3) is 1.81. The molecule has 0 amide bonds. The molecular weight excluding hydrogens is 238 g/mol. The lowest BCUT2D eigenvalue weighted by Gasteiger charge is -2.27. The maximum absolute atomic E-state index is 5.74. The minimum Gasteiger partial charge on any atom is -0.490 e. The normalized spacial score (nSPS) is 24.1. The van der Waals surface area contributed by atoms with Crippen LogP contribution >= 0.6 is 0 Å². The summed E-state index contributed by atoms with van der Waals surface area (Å²) in [4.78, 5) is 0. The third-order valence-electron chi connectivity index (χ3n) is 4.08. The summed E-state index contributed by atoms with van der Waals surface area (Å²) in [6.07, 6.45) is 6.37. The number of nitrogens with one attached hydrogen (secondary N) is 1. The molecule has 1 atom stereocenters. The van der Waals surface area contributed by atoms with Gasteiger partial charge < -0.3 is 14.8 Å². The second-order valence-corrected chi connectivity index (χ2v) is 5.20. The molecule has 1 unspecified atom stereocenters. The Morgan fingerprint density at radius 3 is 3.11 bits per heavy atom. The highest BCUT2D eigenvalue weighted by Gasteiger charge is 2.25. The Morgan fingerprint density at radius 1 is 1.16 bits per heavy atom. The molecule has 19 heavy (non-hydrogen) atoms. The van der Waals surface area contributed by atoms with Crippen molar-refractivity contribution in [1.29, 1.82) is 0 Å². The Hall–Kier alpha value is -1.90. The Balaban J connectivity index is 1.67. The molecule has 0 radical (unpaired) electrons. The molecule has 3 nitrogen and oxygen atoms in total. The summed E-state index contributed by atoms with van der Waals surface area (Å²) in [5.41, 5.74) is 4.20. The van der Waals surface area contributed by atoms with Gasteiger partial charge in [0.15, 0.2) is 5.76 Å². The van der Waals surface area contributed by atoms with E-state index in [2.05, 4.69) is 35.7 Å². The first-order chi connectivity index (χ1) is 9.42. The van der Waals surface area contributed by atoms with Gasteiger partial charge in [0.25, 0.3) is 0 Å². The zero-order valence-corrected chi connectivity index (χ0v) is 10.8. The molecule has 98 valence electrons. The molecule has 0 saturated carbocycles. The Labute approximate surface area is 112 Å². The molecule has 1 aromatic carbocycles. The number of ether oxygens (including phenoxy) is 2. The van der Waals surface area contributed by atoms with Crippen LogP contribution in [0.4, 0.5) is 5.69 Å². The summed E-state index contributed by atoms with van der Waals surface area (Å²) in [7, 11) is 0. The maximum atomic E-state index is 5.74. The second kappa shape index (κ2) is 4.34. The molecule has 4 rings (SSSR count). The summed E-state index contributed by atoms with van der Waals surface area (Å²) >= 11 is 0. The quantitative estimate of drug-likeness (QED) is 0.837. The van der Waals surface area contributed by atoms with Crippen LogP contribution in [0.15, 0.2) is 41.9 Å². The Morgan fingerprint density at radius 2 is 2.11 bits per heavy atom. The monoisotopic (exact) mass is 255 g/mol. The highest BCUT2D eigenvalue weighted by molar-refractivity contribution is 5.60. The van der Waals surface area contributed by atoms with Crippen LogP contribution in [0.1, 0.15) is 23.5 Å². The first-order valence-corrected chi connectivity index (χ1v) is 6.94. The first kappa shape index (κ1) is 11.0. The first-order valence-electron chi connectivity index (χ1n) is 6.94. The summed E-state index contributed by atoms with van der Waals surface area (Å²) in [5, 5.41) is 3.44. The Bertz CT molecular complexity index is 574. The molecule has 3 heteroatoms. The van der Waals surface area contributed by atoms with Gasteiger partial charge in [-0.1, -0.05) is 18.2 Å². The fourth-order valence-corrected chi connectivity index (χ4v) is 3.17. The average molecular weight is 255 g/mol. The molecule has 2 heterocycles. The van der Waals surface area contributed by atoms with Crippen LogP contribution in [0, 0.1) is 0 Å². The van der Waals surface area contributed by atoms with Crippen LogP contribution in [0.25, 0.3) is 0 Å². The van der Waals surface area contributed by atoms with Crippen molar-refractivity contribution in [3.05, 3.63) is 53.0 Å². The van der Waals surface area contributed by atoms with E-state index in [0.29, 0.717) is 19.1 Å². The maximum Gasteiger partial charge on any atom is 0.156 e. The van der Waals surface area contributed by atoms with Gasteiger partial charge in [0, 0.05) is 24.6 Å². The van der Waals surface area contributed by atoms with E-state index in [1.165, 1.54) is 16.8 Å². The topological polar surface area (TPSA) is 30.5 Å². The lowest BCUT2D eigenvalue weighted by molar-refractivity contribution is 0.0617. The van der Waals surface area contributed by atoms with Gasteiger partial charge in [-0.2, -0.15) is 0 Å². The highest BCUT2D eigenvalue weighted by atomic mass is 16.6. The van der Waals surface area contributed by atoms with Crippen LogP contribution in [0.3, 0.4) is 0 Å². The summed E-state index contributed by atoms with van der Waals surface area (Å²) in [5.74, 6) is 2.35. The molecule has 1 aliphatic carbocycles. The minimum atomic E-state index is 0.412. The fourth-order valence-electron chi connectivity index (χ4n) is 3.17. The van der Waals surface area contributed by atoms with Gasteiger partial charge >= 0.3 is 0 Å². The zero-order chi connectivity index (χ0) is 12.7. The standard InChI is InChI=1S/C16H17NO2/c1-2-12(13-6-7-17-14(13)3-1)11-4-5-15-16(10-11)19-9-8-18-15/h1-5,11,17H,6-10H2. The van der Waals surface area contributed by atoms with E-state index >= 15 is 0 Å². The molecule has 3 aliphatic rings. The lowest BCUT2D eigenvalue weighted by Crippen LogP contribution is -2.17. The minimum absolute atomic E-state index is 0.412. The van der Waals surface area contributed by atoms with Crippen LogP contribution in [-0.4, -0.2) is 19.8 Å². The van der Waals surface area contributed by atoms with Crippen molar-refractivity contribution in [3.63, 3.8) is 0 Å². The van der Waals surface area contributed by atoms with E-state index in [-0.39, 0.29) is 0 Å². The zero-order valence-electron chi connectivity index (χ0n) is 10.8. The molecular formula is C16H17NO2. The van der Waals surface area contributed by atoms with Gasteiger partial charge in [0.2, 0.25) is 0 Å². The predicted octanol–water partition coefficient (Wildman–Crippen LogP) is 2.96. The van der Waals surface area contributed by atoms with E-state index in [0.717, 1.165) is 30.9 Å². The molecule has 0 aromatic heterocycles. The number of benzene rings is 1. The van der Waals surface area contributed by atoms with Gasteiger partial charge in [0.05, 0.1) is 0 Å². The average Bonchev–Trinajstić information content (AvgIpc) is 2.95. The van der Waals surface area contributed by atoms with Crippen LogP contribution in [0.2, 0.25) is 0 Å². The number of anilines is 1. The van der Waals surface area contributed by atoms with E-state index in [1.54, 1.807) is 0 Å². The van der Waals surface area contributed by atoms with Gasteiger partial charge in [-0.25, -0.2) is 0 Å². The number of fused-ring (bicyclic) bond motifs is 1. The van der Waals surface area contributed by atoms with Crippen LogP contribution < -0.4 is 5.32 Å². The van der Waals surface area contributed by atoms with Crippen LogP contribution in [-0.2, 0) is 15.9 Å². The van der Waals surface area contributed by atoms with Gasteiger partial charge in [-0.05, 0) is 29.7 Å². The van der Waals surface area contributed by atoms with Crippen LogP contribution in [0.5, 0.6) is 0 Å². The van der Waals surface area contributed by atoms with Crippen molar-refractivity contribution in [2.45, 2.75) is 18.8 Å². The summed E-state index contributed by atoms with van der Waals surface area (Å²) in [6.45, 7) is 2.39. The van der Waals surface area contributed by atoms with Gasteiger partial charge in [0.1, 0.15) is 19.0 Å². The molecule has 1 aromatic rings. The Kier molecular flexibility index (Phi) is 2.50. The molecule has 0 fully saturated rings. The van der Waals surface area contributed by atoms with Gasteiger partial charge in [-0.15, -0.1) is 0 Å². The van der Waals surface area contributed by atoms with E-state index in [9.17, 15) is 0 Å². The summed E-state index contributed by atoms with van der Waals surface area (Å²) in [6, 6.07) is 6.56. The molecule has 0 saturated heterocycles. The smallest absolute Gasteiger partial charge is 0.156 e. The number of allylic oxidation sites excluding steroid dienone is 3.